The van der Waals surface area contributed by atoms with Crippen LogP contribution in [0.3, 0.4) is 0 Å². The Morgan fingerprint density at radius 3 is 2.50 bits per heavy atom. The molecule has 0 aliphatic heterocycles. The number of hydrogen-bond acceptors (Lipinski definition) is 3. The molecule has 1 aliphatic carbocycles. The molecule has 0 atom stereocenters. The zero-order valence-electron chi connectivity index (χ0n) is 10.5. The summed E-state index contributed by atoms with van der Waals surface area (Å²) >= 11 is 0. The second kappa shape index (κ2) is 4.52. The Morgan fingerprint density at radius 1 is 1.00 bits per heavy atom. The predicted molar refractivity (Wildman–Crippen MR) is 70.9 cm³/mol. The van der Waals surface area contributed by atoms with E-state index in [1.165, 1.54) is 36.4 Å². The number of rotatable bonds is 2. The highest BCUT2D eigenvalue weighted by atomic mass is 32.2. The van der Waals surface area contributed by atoms with Crippen LogP contribution in [0, 0.1) is 5.82 Å². The fourth-order valence-electron chi connectivity index (χ4n) is 2.39. The summed E-state index contributed by atoms with van der Waals surface area (Å²) in [5, 5.41) is 0. The van der Waals surface area contributed by atoms with Crippen molar-refractivity contribution in [1.29, 1.82) is 0 Å². The number of halogens is 1. The van der Waals surface area contributed by atoms with Gasteiger partial charge in [0.25, 0.3) is 0 Å². The van der Waals surface area contributed by atoms with Gasteiger partial charge in [-0.3, -0.25) is 4.79 Å². The fourth-order valence-corrected chi connectivity index (χ4v) is 3.77. The molecule has 0 saturated carbocycles. The van der Waals surface area contributed by atoms with Crippen LogP contribution in [0.4, 0.5) is 4.39 Å². The number of benzene rings is 2. The Balaban J connectivity index is 2.14. The molecule has 0 spiro atoms. The van der Waals surface area contributed by atoms with Gasteiger partial charge in [0, 0.05) is 12.0 Å². The highest BCUT2D eigenvalue weighted by Gasteiger charge is 2.25. The lowest BCUT2D eigenvalue weighted by Gasteiger charge is -2.07. The van der Waals surface area contributed by atoms with Crippen molar-refractivity contribution in [3.05, 3.63) is 59.4 Å². The zero-order valence-corrected chi connectivity index (χ0v) is 11.3. The van der Waals surface area contributed by atoms with E-state index >= 15 is 0 Å². The smallest absolute Gasteiger partial charge is 0.209 e. The minimum absolute atomic E-state index is 0.0230. The average Bonchev–Trinajstić information content (AvgIpc) is 2.80. The van der Waals surface area contributed by atoms with Gasteiger partial charge < -0.3 is 0 Å². The third kappa shape index (κ3) is 1.94. The standard InChI is InChI=1S/C15H11FO3S/c16-13-3-1-2-4-15(13)20(18,19)11-6-7-12-10(9-11)5-8-14(12)17/h1-4,6-7,9H,5,8H2. The van der Waals surface area contributed by atoms with E-state index in [0.717, 1.165) is 6.07 Å². The molecular weight excluding hydrogens is 279 g/mol. The Morgan fingerprint density at radius 2 is 1.75 bits per heavy atom. The minimum atomic E-state index is -3.90. The first-order valence-electron chi connectivity index (χ1n) is 6.16. The molecule has 0 radical (unpaired) electrons. The summed E-state index contributed by atoms with van der Waals surface area (Å²) < 4.78 is 38.5. The van der Waals surface area contributed by atoms with Crippen molar-refractivity contribution >= 4 is 15.6 Å². The van der Waals surface area contributed by atoms with Gasteiger partial charge in [0.1, 0.15) is 10.7 Å². The van der Waals surface area contributed by atoms with Gasteiger partial charge in [0.2, 0.25) is 9.84 Å². The lowest BCUT2D eigenvalue weighted by Crippen LogP contribution is -2.05. The van der Waals surface area contributed by atoms with Crippen molar-refractivity contribution in [3.63, 3.8) is 0 Å². The molecule has 0 saturated heterocycles. The van der Waals surface area contributed by atoms with E-state index in [1.807, 2.05) is 0 Å². The van der Waals surface area contributed by atoms with Crippen LogP contribution in [0.5, 0.6) is 0 Å². The summed E-state index contributed by atoms with van der Waals surface area (Å²) in [6, 6.07) is 9.62. The molecular formula is C15H11FO3S. The maximum absolute atomic E-state index is 13.7. The number of carbonyl (C=O) groups is 1. The highest BCUT2D eigenvalue weighted by Crippen LogP contribution is 2.28. The molecule has 2 aromatic carbocycles. The molecule has 0 heterocycles. The van der Waals surface area contributed by atoms with Crippen LogP contribution in [0.25, 0.3) is 0 Å². The average molecular weight is 290 g/mol. The van der Waals surface area contributed by atoms with Crippen molar-refractivity contribution in [2.24, 2.45) is 0 Å². The van der Waals surface area contributed by atoms with Gasteiger partial charge in [0.15, 0.2) is 5.78 Å². The van der Waals surface area contributed by atoms with Crippen LogP contribution >= 0.6 is 0 Å². The molecule has 2 aromatic rings. The zero-order chi connectivity index (χ0) is 14.3. The van der Waals surface area contributed by atoms with E-state index in [4.69, 9.17) is 0 Å². The number of hydrogen-bond donors (Lipinski definition) is 0. The first kappa shape index (κ1) is 13.0. The Bertz CT molecular complexity index is 810. The minimum Gasteiger partial charge on any atom is -0.294 e. The molecule has 0 aromatic heterocycles. The molecule has 3 nitrogen and oxygen atoms in total. The summed E-state index contributed by atoms with van der Waals surface area (Å²) in [7, 11) is -3.90. The van der Waals surface area contributed by atoms with Gasteiger partial charge in [-0.1, -0.05) is 12.1 Å². The fraction of sp³-hybridized carbons (Fsp3) is 0.133. The second-order valence-electron chi connectivity index (χ2n) is 4.68. The maximum Gasteiger partial charge on any atom is 0.209 e. The largest absolute Gasteiger partial charge is 0.294 e. The number of carbonyl (C=O) groups excluding carboxylic acids is 1. The van der Waals surface area contributed by atoms with Gasteiger partial charge in [-0.25, -0.2) is 12.8 Å². The summed E-state index contributed by atoms with van der Waals surface area (Å²) in [5.41, 5.74) is 1.28. The topological polar surface area (TPSA) is 51.2 Å². The summed E-state index contributed by atoms with van der Waals surface area (Å²) in [6.07, 6.45) is 0.938. The van der Waals surface area contributed by atoms with Gasteiger partial charge in [-0.2, -0.15) is 0 Å². The van der Waals surface area contributed by atoms with Crippen LogP contribution in [0.2, 0.25) is 0 Å². The van der Waals surface area contributed by atoms with Crippen LogP contribution < -0.4 is 0 Å². The first-order chi connectivity index (χ1) is 9.50. The van der Waals surface area contributed by atoms with Crippen LogP contribution in [0.15, 0.2) is 52.3 Å². The SMILES string of the molecule is O=C1CCc2cc(S(=O)(=O)c3ccccc3F)ccc21. The quantitative estimate of drug-likeness (QED) is 0.854. The Hall–Kier alpha value is -2.01. The monoisotopic (exact) mass is 290 g/mol. The van der Waals surface area contributed by atoms with Gasteiger partial charge in [-0.15, -0.1) is 0 Å². The first-order valence-corrected chi connectivity index (χ1v) is 7.64. The molecule has 1 aliphatic rings. The van der Waals surface area contributed by atoms with Crippen LogP contribution in [-0.4, -0.2) is 14.2 Å². The Kier molecular flexibility index (Phi) is 2.94. The molecule has 0 fully saturated rings. The maximum atomic E-state index is 13.7. The molecule has 5 heteroatoms. The highest BCUT2D eigenvalue weighted by molar-refractivity contribution is 7.91. The molecule has 102 valence electrons. The molecule has 20 heavy (non-hydrogen) atoms. The van der Waals surface area contributed by atoms with E-state index in [0.29, 0.717) is 24.0 Å². The molecule has 0 unspecified atom stereocenters. The third-order valence-electron chi connectivity index (χ3n) is 3.43. The third-order valence-corrected chi connectivity index (χ3v) is 5.22. The number of fused-ring (bicyclic) bond motifs is 1. The molecule has 0 N–H and O–H groups in total. The normalized spacial score (nSPS) is 14.3. The molecule has 0 amide bonds. The van der Waals surface area contributed by atoms with Crippen molar-refractivity contribution in [2.45, 2.75) is 22.6 Å². The lowest BCUT2D eigenvalue weighted by atomic mass is 10.1. The number of ketones is 1. The van der Waals surface area contributed by atoms with Crippen molar-refractivity contribution in [1.82, 2.24) is 0 Å². The van der Waals surface area contributed by atoms with Crippen molar-refractivity contribution < 1.29 is 17.6 Å². The second-order valence-corrected chi connectivity index (χ2v) is 6.59. The number of Topliss-reactive ketones (excluding diaryl/α,β-unsaturated/α-hetero) is 1. The summed E-state index contributed by atoms with van der Waals surface area (Å²) in [5.74, 6) is -0.751. The lowest BCUT2D eigenvalue weighted by molar-refractivity contribution is 0.0994. The van der Waals surface area contributed by atoms with E-state index in [2.05, 4.69) is 0 Å². The summed E-state index contributed by atoms with van der Waals surface area (Å²) in [4.78, 5) is 11.2. The number of sulfone groups is 1. The van der Waals surface area contributed by atoms with Crippen molar-refractivity contribution in [3.8, 4) is 0 Å². The van der Waals surface area contributed by atoms with Gasteiger partial charge >= 0.3 is 0 Å². The predicted octanol–water partition coefficient (Wildman–Crippen LogP) is 2.79. The van der Waals surface area contributed by atoms with Crippen LogP contribution in [0.1, 0.15) is 22.3 Å². The Labute approximate surface area is 116 Å². The summed E-state index contributed by atoms with van der Waals surface area (Å²) in [6.45, 7) is 0. The molecule has 3 rings (SSSR count). The van der Waals surface area contributed by atoms with E-state index < -0.39 is 15.7 Å². The molecule has 0 bridgehead atoms. The van der Waals surface area contributed by atoms with Gasteiger partial charge in [0.05, 0.1) is 4.90 Å². The van der Waals surface area contributed by atoms with Crippen LogP contribution in [-0.2, 0) is 16.3 Å². The van der Waals surface area contributed by atoms with E-state index in [1.54, 1.807) is 0 Å². The van der Waals surface area contributed by atoms with Gasteiger partial charge in [-0.05, 0) is 42.3 Å². The van der Waals surface area contributed by atoms with Crippen molar-refractivity contribution in [2.75, 3.05) is 0 Å². The van der Waals surface area contributed by atoms with E-state index in [9.17, 15) is 17.6 Å². The number of aryl methyl sites for hydroxylation is 1. The van der Waals surface area contributed by atoms with E-state index in [-0.39, 0.29) is 15.6 Å².